The molecule has 0 aromatic heterocycles. The van der Waals surface area contributed by atoms with Crippen LogP contribution in [0, 0.1) is 0 Å². The highest BCUT2D eigenvalue weighted by atomic mass is 16.6. The summed E-state index contributed by atoms with van der Waals surface area (Å²) in [6, 6.07) is 9.32. The topological polar surface area (TPSA) is 43.4 Å². The molecule has 1 aliphatic rings. The second-order valence-corrected chi connectivity index (χ2v) is 3.01. The fourth-order valence-corrected chi connectivity index (χ4v) is 1.36. The zero-order chi connectivity index (χ0) is 9.97. The van der Waals surface area contributed by atoms with Crippen molar-refractivity contribution in [3.63, 3.8) is 0 Å². The summed E-state index contributed by atoms with van der Waals surface area (Å²) in [5.41, 5.74) is 1.60. The summed E-state index contributed by atoms with van der Waals surface area (Å²) >= 11 is 0. The maximum Gasteiger partial charge on any atom is 0.338 e. The Morgan fingerprint density at radius 1 is 1.07 bits per heavy atom. The SMILES string of the molecule is O=C1C=C(c2ccccc2)CC(=O)O1. The van der Waals surface area contributed by atoms with Gasteiger partial charge >= 0.3 is 11.9 Å². The highest BCUT2D eigenvalue weighted by molar-refractivity contribution is 6.05. The number of benzene rings is 1. The van der Waals surface area contributed by atoms with Gasteiger partial charge in [-0.1, -0.05) is 30.3 Å². The molecule has 3 heteroatoms. The quantitative estimate of drug-likeness (QED) is 0.496. The van der Waals surface area contributed by atoms with Crippen molar-refractivity contribution in [3.05, 3.63) is 42.0 Å². The van der Waals surface area contributed by atoms with Gasteiger partial charge in [-0.25, -0.2) is 4.79 Å². The Morgan fingerprint density at radius 3 is 2.43 bits per heavy atom. The van der Waals surface area contributed by atoms with Crippen LogP contribution < -0.4 is 0 Å². The predicted octanol–water partition coefficient (Wildman–Crippen LogP) is 1.54. The van der Waals surface area contributed by atoms with Gasteiger partial charge in [0, 0.05) is 6.08 Å². The first-order chi connectivity index (χ1) is 6.75. The minimum atomic E-state index is -0.583. The summed E-state index contributed by atoms with van der Waals surface area (Å²) in [7, 11) is 0. The number of esters is 2. The van der Waals surface area contributed by atoms with Crippen molar-refractivity contribution in [2.24, 2.45) is 0 Å². The molecule has 0 radical (unpaired) electrons. The molecule has 1 aromatic carbocycles. The highest BCUT2D eigenvalue weighted by Gasteiger charge is 2.19. The monoisotopic (exact) mass is 188 g/mol. The molecular formula is C11H8O3. The number of hydrogen-bond acceptors (Lipinski definition) is 3. The van der Waals surface area contributed by atoms with Crippen molar-refractivity contribution in [1.82, 2.24) is 0 Å². The Balaban J connectivity index is 2.35. The Morgan fingerprint density at radius 2 is 1.79 bits per heavy atom. The molecule has 0 fully saturated rings. The molecule has 3 nitrogen and oxygen atoms in total. The first-order valence-corrected chi connectivity index (χ1v) is 4.26. The Labute approximate surface area is 81.0 Å². The Bertz CT molecular complexity index is 404. The minimum Gasteiger partial charge on any atom is -0.390 e. The first-order valence-electron chi connectivity index (χ1n) is 4.26. The molecule has 0 saturated carbocycles. The van der Waals surface area contributed by atoms with E-state index in [1.807, 2.05) is 30.3 Å². The summed E-state index contributed by atoms with van der Waals surface area (Å²) in [6.07, 6.45) is 1.52. The first kappa shape index (κ1) is 8.69. The third-order valence-corrected chi connectivity index (χ3v) is 1.99. The van der Waals surface area contributed by atoms with Crippen LogP contribution in [0.15, 0.2) is 36.4 Å². The molecule has 1 aromatic rings. The maximum atomic E-state index is 11.0. The van der Waals surface area contributed by atoms with E-state index in [0.29, 0.717) is 5.57 Å². The molecule has 0 bridgehead atoms. The predicted molar refractivity (Wildman–Crippen MR) is 50.1 cm³/mol. The number of carbonyl (C=O) groups is 2. The van der Waals surface area contributed by atoms with Crippen molar-refractivity contribution in [2.45, 2.75) is 6.42 Å². The van der Waals surface area contributed by atoms with Crippen LogP contribution >= 0.6 is 0 Å². The average molecular weight is 188 g/mol. The van der Waals surface area contributed by atoms with Crippen molar-refractivity contribution in [1.29, 1.82) is 0 Å². The third-order valence-electron chi connectivity index (χ3n) is 1.99. The van der Waals surface area contributed by atoms with Crippen LogP contribution in [-0.4, -0.2) is 11.9 Å². The molecule has 1 heterocycles. The van der Waals surface area contributed by atoms with Crippen LogP contribution in [0.1, 0.15) is 12.0 Å². The largest absolute Gasteiger partial charge is 0.390 e. The zero-order valence-electron chi connectivity index (χ0n) is 7.40. The van der Waals surface area contributed by atoms with Gasteiger partial charge in [-0.2, -0.15) is 0 Å². The molecule has 0 spiro atoms. The van der Waals surface area contributed by atoms with Gasteiger partial charge in [0.25, 0.3) is 0 Å². The Kier molecular flexibility index (Phi) is 2.14. The molecule has 1 aliphatic heterocycles. The molecule has 2 rings (SSSR count). The normalized spacial score (nSPS) is 16.1. The van der Waals surface area contributed by atoms with Gasteiger partial charge < -0.3 is 4.74 Å². The van der Waals surface area contributed by atoms with E-state index in [9.17, 15) is 9.59 Å². The highest BCUT2D eigenvalue weighted by Crippen LogP contribution is 2.21. The lowest BCUT2D eigenvalue weighted by molar-refractivity contribution is -0.156. The molecule has 0 aliphatic carbocycles. The molecule has 0 unspecified atom stereocenters. The lowest BCUT2D eigenvalue weighted by Gasteiger charge is -2.11. The summed E-state index contributed by atoms with van der Waals surface area (Å²) in [4.78, 5) is 21.9. The average Bonchev–Trinajstić information content (AvgIpc) is 2.18. The summed E-state index contributed by atoms with van der Waals surface area (Å²) < 4.78 is 4.38. The lowest BCUT2D eigenvalue weighted by atomic mass is 10.0. The fourth-order valence-electron chi connectivity index (χ4n) is 1.36. The molecule has 0 N–H and O–H groups in total. The van der Waals surface area contributed by atoms with Gasteiger partial charge in [0.05, 0.1) is 6.42 Å². The van der Waals surface area contributed by atoms with E-state index in [4.69, 9.17) is 0 Å². The van der Waals surface area contributed by atoms with E-state index >= 15 is 0 Å². The standard InChI is InChI=1S/C11H8O3/c12-10-6-9(7-11(13)14-10)8-4-2-1-3-5-8/h1-6H,7H2. The minimum absolute atomic E-state index is 0.162. The van der Waals surface area contributed by atoms with E-state index in [0.717, 1.165) is 5.56 Å². The van der Waals surface area contributed by atoms with Crippen LogP contribution in [0.5, 0.6) is 0 Å². The van der Waals surface area contributed by atoms with Crippen molar-refractivity contribution in [3.8, 4) is 0 Å². The van der Waals surface area contributed by atoms with Crippen molar-refractivity contribution in [2.75, 3.05) is 0 Å². The van der Waals surface area contributed by atoms with Gasteiger partial charge in [0.15, 0.2) is 0 Å². The van der Waals surface area contributed by atoms with E-state index < -0.39 is 11.9 Å². The number of cyclic esters (lactones) is 2. The maximum absolute atomic E-state index is 11.0. The van der Waals surface area contributed by atoms with Crippen LogP contribution in [0.2, 0.25) is 0 Å². The van der Waals surface area contributed by atoms with Gasteiger partial charge in [0.1, 0.15) is 0 Å². The second-order valence-electron chi connectivity index (χ2n) is 3.01. The smallest absolute Gasteiger partial charge is 0.338 e. The van der Waals surface area contributed by atoms with Gasteiger partial charge in [0.2, 0.25) is 0 Å². The van der Waals surface area contributed by atoms with Crippen LogP contribution in [0.4, 0.5) is 0 Å². The summed E-state index contributed by atoms with van der Waals surface area (Å²) in [6.45, 7) is 0. The van der Waals surface area contributed by atoms with Crippen molar-refractivity contribution >= 4 is 17.5 Å². The number of rotatable bonds is 1. The van der Waals surface area contributed by atoms with Gasteiger partial charge in [-0.15, -0.1) is 0 Å². The van der Waals surface area contributed by atoms with Crippen LogP contribution in [0.3, 0.4) is 0 Å². The zero-order valence-corrected chi connectivity index (χ0v) is 7.40. The molecule has 0 atom stereocenters. The molecule has 0 saturated heterocycles. The van der Waals surface area contributed by atoms with E-state index in [2.05, 4.69) is 4.74 Å². The summed E-state index contributed by atoms with van der Waals surface area (Å²) in [5.74, 6) is -1.07. The Hall–Kier alpha value is -1.90. The second kappa shape index (κ2) is 3.46. The lowest BCUT2D eigenvalue weighted by Crippen LogP contribution is -2.16. The molecule has 14 heavy (non-hydrogen) atoms. The third kappa shape index (κ3) is 1.71. The number of ether oxygens (including phenoxy) is 1. The molecule has 0 amide bonds. The van der Waals surface area contributed by atoms with E-state index in [-0.39, 0.29) is 6.42 Å². The molecular weight excluding hydrogens is 180 g/mol. The fraction of sp³-hybridized carbons (Fsp3) is 0.0909. The van der Waals surface area contributed by atoms with Crippen LogP contribution in [-0.2, 0) is 14.3 Å². The van der Waals surface area contributed by atoms with E-state index in [1.54, 1.807) is 0 Å². The molecule has 70 valence electrons. The van der Waals surface area contributed by atoms with Gasteiger partial charge in [-0.3, -0.25) is 4.79 Å². The number of hydrogen-bond donors (Lipinski definition) is 0. The van der Waals surface area contributed by atoms with E-state index in [1.165, 1.54) is 6.08 Å². The van der Waals surface area contributed by atoms with Crippen molar-refractivity contribution < 1.29 is 14.3 Å². The summed E-state index contributed by atoms with van der Waals surface area (Å²) in [5, 5.41) is 0. The van der Waals surface area contributed by atoms with Gasteiger partial charge in [-0.05, 0) is 11.1 Å². The number of carbonyl (C=O) groups excluding carboxylic acids is 2. The van der Waals surface area contributed by atoms with Crippen LogP contribution in [0.25, 0.3) is 5.57 Å².